The normalized spacial score (nSPS) is 10.7. The predicted octanol–water partition coefficient (Wildman–Crippen LogP) is 3.34. The molecule has 0 amide bonds. The fourth-order valence-electron chi connectivity index (χ4n) is 2.41. The highest BCUT2D eigenvalue weighted by atomic mass is 32.2. The maximum absolute atomic E-state index is 9.41. The minimum Gasteiger partial charge on any atom is -0.396 e. The molecule has 3 nitrogen and oxygen atoms in total. The molecule has 2 aromatic rings. The summed E-state index contributed by atoms with van der Waals surface area (Å²) in [6.07, 6.45) is 0.617. The van der Waals surface area contributed by atoms with Crippen molar-refractivity contribution in [3.05, 3.63) is 59.2 Å². The Morgan fingerprint density at radius 2 is 1.77 bits per heavy atom. The van der Waals surface area contributed by atoms with Crippen LogP contribution in [0, 0.1) is 13.8 Å². The molecule has 118 valence electrons. The summed E-state index contributed by atoms with van der Waals surface area (Å²) in [5.41, 5.74) is 4.62. The van der Waals surface area contributed by atoms with E-state index in [0.717, 1.165) is 11.3 Å². The zero-order valence-electron chi connectivity index (χ0n) is 13.1. The summed E-state index contributed by atoms with van der Waals surface area (Å²) in [5, 5.41) is 18.7. The largest absolute Gasteiger partial charge is 0.396 e. The van der Waals surface area contributed by atoms with Crippen LogP contribution < -0.4 is 4.31 Å². The molecule has 0 aromatic heterocycles. The van der Waals surface area contributed by atoms with Crippen LogP contribution in [0.1, 0.15) is 16.7 Å². The van der Waals surface area contributed by atoms with Crippen molar-refractivity contribution >= 4 is 17.6 Å². The van der Waals surface area contributed by atoms with Crippen molar-refractivity contribution in [1.82, 2.24) is 0 Å². The fourth-order valence-corrected chi connectivity index (χ4v) is 3.43. The number of aliphatic hydroxyl groups excluding tert-OH is 2. The van der Waals surface area contributed by atoms with Crippen molar-refractivity contribution in [3.63, 3.8) is 0 Å². The van der Waals surface area contributed by atoms with Crippen molar-refractivity contribution in [2.45, 2.75) is 25.2 Å². The lowest BCUT2D eigenvalue weighted by Crippen LogP contribution is -2.20. The lowest BCUT2D eigenvalue weighted by molar-refractivity contribution is 0.299. The maximum Gasteiger partial charge on any atom is 0.0617 e. The Hall–Kier alpha value is -1.49. The Bertz CT molecular complexity index is 616. The van der Waals surface area contributed by atoms with Crippen molar-refractivity contribution in [1.29, 1.82) is 0 Å². The van der Waals surface area contributed by atoms with Crippen LogP contribution in [0.5, 0.6) is 0 Å². The number of hydrogen-bond acceptors (Lipinski definition) is 4. The van der Waals surface area contributed by atoms with E-state index in [-0.39, 0.29) is 13.2 Å². The molecule has 0 radical (unpaired) electrons. The number of nitrogens with zero attached hydrogens (tertiary/aromatic N) is 1. The third kappa shape index (κ3) is 4.26. The molecule has 0 fully saturated rings. The molecule has 4 heteroatoms. The fraction of sp³-hybridized carbons (Fsp3) is 0.333. The van der Waals surface area contributed by atoms with Gasteiger partial charge in [-0.05, 0) is 55.5 Å². The average Bonchev–Trinajstić information content (AvgIpc) is 2.50. The number of hydrogen-bond donors (Lipinski definition) is 2. The van der Waals surface area contributed by atoms with Gasteiger partial charge in [-0.3, -0.25) is 0 Å². The van der Waals surface area contributed by atoms with E-state index in [0.29, 0.717) is 13.0 Å². The van der Waals surface area contributed by atoms with E-state index in [2.05, 4.69) is 36.4 Å². The first-order valence-corrected chi connectivity index (χ1v) is 8.25. The number of anilines is 1. The van der Waals surface area contributed by atoms with Gasteiger partial charge in [-0.25, -0.2) is 0 Å². The Morgan fingerprint density at radius 1 is 1.00 bits per heavy atom. The molecule has 2 aromatic carbocycles. The van der Waals surface area contributed by atoms with E-state index >= 15 is 0 Å². The standard InChI is InChI=1S/C18H23NO2S/c1-14-7-8-18(15(2)13-14)22-19(10-12-21)17-6-4-3-5-16(17)9-11-20/h3-8,13,20-21H,9-12H2,1-2H3. The molecule has 2 rings (SSSR count). The Morgan fingerprint density at radius 3 is 2.45 bits per heavy atom. The highest BCUT2D eigenvalue weighted by molar-refractivity contribution is 8.00. The molecule has 0 spiro atoms. The van der Waals surface area contributed by atoms with Crippen molar-refractivity contribution in [2.24, 2.45) is 0 Å². The van der Waals surface area contributed by atoms with E-state index in [1.807, 2.05) is 24.3 Å². The number of para-hydroxylation sites is 1. The van der Waals surface area contributed by atoms with Crippen LogP contribution in [-0.2, 0) is 6.42 Å². The van der Waals surface area contributed by atoms with E-state index in [1.54, 1.807) is 11.9 Å². The molecular formula is C18H23NO2S. The van der Waals surface area contributed by atoms with Gasteiger partial charge in [0.1, 0.15) is 0 Å². The van der Waals surface area contributed by atoms with E-state index < -0.39 is 0 Å². The van der Waals surface area contributed by atoms with Crippen molar-refractivity contribution < 1.29 is 10.2 Å². The summed E-state index contributed by atoms with van der Waals surface area (Å²) < 4.78 is 2.10. The first-order valence-electron chi connectivity index (χ1n) is 7.48. The molecule has 0 aliphatic heterocycles. The molecular weight excluding hydrogens is 294 g/mol. The lowest BCUT2D eigenvalue weighted by atomic mass is 10.1. The van der Waals surface area contributed by atoms with Crippen LogP contribution in [0.25, 0.3) is 0 Å². The second-order valence-electron chi connectivity index (χ2n) is 5.29. The zero-order valence-corrected chi connectivity index (χ0v) is 13.9. The van der Waals surface area contributed by atoms with Gasteiger partial charge in [0.2, 0.25) is 0 Å². The molecule has 0 bridgehead atoms. The van der Waals surface area contributed by atoms with Gasteiger partial charge in [-0.15, -0.1) is 0 Å². The summed E-state index contributed by atoms with van der Waals surface area (Å²) >= 11 is 1.63. The average molecular weight is 317 g/mol. The molecule has 0 atom stereocenters. The predicted molar refractivity (Wildman–Crippen MR) is 93.4 cm³/mol. The third-order valence-electron chi connectivity index (χ3n) is 3.48. The van der Waals surface area contributed by atoms with Crippen LogP contribution in [-0.4, -0.2) is 30.0 Å². The first kappa shape index (κ1) is 16.9. The van der Waals surface area contributed by atoms with Gasteiger partial charge in [-0.1, -0.05) is 35.9 Å². The van der Waals surface area contributed by atoms with Crippen LogP contribution >= 0.6 is 11.9 Å². The van der Waals surface area contributed by atoms with Gasteiger partial charge < -0.3 is 14.5 Å². The van der Waals surface area contributed by atoms with Gasteiger partial charge in [0.05, 0.1) is 18.8 Å². The molecule has 0 saturated heterocycles. The smallest absolute Gasteiger partial charge is 0.0617 e. The third-order valence-corrected chi connectivity index (χ3v) is 4.74. The van der Waals surface area contributed by atoms with E-state index in [9.17, 15) is 10.2 Å². The number of aliphatic hydroxyl groups is 2. The van der Waals surface area contributed by atoms with Gasteiger partial charge in [0, 0.05) is 11.5 Å². The number of rotatable bonds is 7. The molecule has 0 aliphatic rings. The van der Waals surface area contributed by atoms with Gasteiger partial charge >= 0.3 is 0 Å². The Balaban J connectivity index is 2.30. The second kappa shape index (κ2) is 8.22. The molecule has 0 heterocycles. The second-order valence-corrected chi connectivity index (χ2v) is 6.35. The highest BCUT2D eigenvalue weighted by Crippen LogP contribution is 2.33. The van der Waals surface area contributed by atoms with E-state index in [1.165, 1.54) is 16.0 Å². The van der Waals surface area contributed by atoms with Gasteiger partial charge in [0.25, 0.3) is 0 Å². The van der Waals surface area contributed by atoms with Crippen LogP contribution in [0.4, 0.5) is 5.69 Å². The topological polar surface area (TPSA) is 43.7 Å². The van der Waals surface area contributed by atoms with Crippen molar-refractivity contribution in [2.75, 3.05) is 24.1 Å². The summed E-state index contributed by atoms with van der Waals surface area (Å²) in [7, 11) is 0. The Labute approximate surface area is 136 Å². The number of benzene rings is 2. The first-order chi connectivity index (χ1) is 10.7. The number of aryl methyl sites for hydroxylation is 2. The summed E-state index contributed by atoms with van der Waals surface area (Å²) in [6.45, 7) is 4.94. The summed E-state index contributed by atoms with van der Waals surface area (Å²) in [6, 6.07) is 14.4. The van der Waals surface area contributed by atoms with Gasteiger partial charge in [0.15, 0.2) is 0 Å². The summed E-state index contributed by atoms with van der Waals surface area (Å²) in [4.78, 5) is 1.18. The minimum absolute atomic E-state index is 0.0887. The van der Waals surface area contributed by atoms with Crippen LogP contribution in [0.2, 0.25) is 0 Å². The zero-order chi connectivity index (χ0) is 15.9. The van der Waals surface area contributed by atoms with Crippen molar-refractivity contribution in [3.8, 4) is 0 Å². The molecule has 2 N–H and O–H groups in total. The lowest BCUT2D eigenvalue weighted by Gasteiger charge is -2.25. The maximum atomic E-state index is 9.41. The molecule has 0 unspecified atom stereocenters. The molecule has 22 heavy (non-hydrogen) atoms. The monoisotopic (exact) mass is 317 g/mol. The summed E-state index contributed by atoms with van der Waals surface area (Å²) in [5.74, 6) is 0. The Kier molecular flexibility index (Phi) is 6.31. The molecule has 0 aliphatic carbocycles. The highest BCUT2D eigenvalue weighted by Gasteiger charge is 2.13. The van der Waals surface area contributed by atoms with E-state index in [4.69, 9.17) is 0 Å². The van der Waals surface area contributed by atoms with Crippen LogP contribution in [0.3, 0.4) is 0 Å². The minimum atomic E-state index is 0.0887. The quantitative estimate of drug-likeness (QED) is 0.769. The van der Waals surface area contributed by atoms with Gasteiger partial charge in [-0.2, -0.15) is 0 Å². The van der Waals surface area contributed by atoms with Crippen LogP contribution in [0.15, 0.2) is 47.4 Å². The SMILES string of the molecule is Cc1ccc(SN(CCO)c2ccccc2CCO)c(C)c1. The molecule has 0 saturated carbocycles.